The summed E-state index contributed by atoms with van der Waals surface area (Å²) < 4.78 is 1.82. The first-order valence-electron chi connectivity index (χ1n) is 6.83. The highest BCUT2D eigenvalue weighted by atomic mass is 35.5. The number of hydrogen-bond donors (Lipinski definition) is 1. The Morgan fingerprint density at radius 1 is 1.22 bits per heavy atom. The molecular formula is C16H12Cl2N4O. The van der Waals surface area contributed by atoms with Gasteiger partial charge in [0.1, 0.15) is 0 Å². The van der Waals surface area contributed by atoms with Gasteiger partial charge in [-0.2, -0.15) is 0 Å². The van der Waals surface area contributed by atoms with E-state index in [0.717, 1.165) is 5.65 Å². The van der Waals surface area contributed by atoms with E-state index in [2.05, 4.69) is 15.5 Å². The molecule has 0 aliphatic rings. The molecule has 1 N–H and O–H groups in total. The monoisotopic (exact) mass is 346 g/mol. The van der Waals surface area contributed by atoms with Gasteiger partial charge in [0.2, 0.25) is 5.91 Å². The van der Waals surface area contributed by atoms with E-state index in [1.54, 1.807) is 24.3 Å². The third-order valence-electron chi connectivity index (χ3n) is 3.18. The van der Waals surface area contributed by atoms with Crippen molar-refractivity contribution in [3.05, 3.63) is 70.1 Å². The van der Waals surface area contributed by atoms with Crippen LogP contribution < -0.4 is 5.32 Å². The number of rotatable bonds is 4. The SMILES string of the molecule is O=C(/C=C/c1cc(Cl)ccc1Cl)NCc1nnc2ccccn12. The number of nitrogens with one attached hydrogen (secondary N) is 1. The van der Waals surface area contributed by atoms with Crippen molar-refractivity contribution in [2.24, 2.45) is 0 Å². The summed E-state index contributed by atoms with van der Waals surface area (Å²) in [4.78, 5) is 11.9. The molecule has 1 amide bonds. The second-order valence-corrected chi connectivity index (χ2v) is 5.61. The van der Waals surface area contributed by atoms with E-state index >= 15 is 0 Å². The van der Waals surface area contributed by atoms with Crippen LogP contribution in [0, 0.1) is 0 Å². The number of carbonyl (C=O) groups is 1. The van der Waals surface area contributed by atoms with E-state index in [9.17, 15) is 4.79 Å². The van der Waals surface area contributed by atoms with E-state index in [4.69, 9.17) is 23.2 Å². The molecule has 116 valence electrons. The van der Waals surface area contributed by atoms with Gasteiger partial charge in [0, 0.05) is 22.3 Å². The summed E-state index contributed by atoms with van der Waals surface area (Å²) in [5.41, 5.74) is 1.42. The third-order valence-corrected chi connectivity index (χ3v) is 3.76. The number of hydrogen-bond acceptors (Lipinski definition) is 3. The molecule has 5 nitrogen and oxygen atoms in total. The van der Waals surface area contributed by atoms with Crippen molar-refractivity contribution in [1.82, 2.24) is 19.9 Å². The van der Waals surface area contributed by atoms with Crippen LogP contribution >= 0.6 is 23.2 Å². The van der Waals surface area contributed by atoms with Crippen LogP contribution in [0.5, 0.6) is 0 Å². The average Bonchev–Trinajstić information content (AvgIpc) is 2.97. The first-order valence-corrected chi connectivity index (χ1v) is 7.59. The molecule has 1 aromatic carbocycles. The summed E-state index contributed by atoms with van der Waals surface area (Å²) in [6, 6.07) is 10.7. The van der Waals surface area contributed by atoms with E-state index < -0.39 is 0 Å². The van der Waals surface area contributed by atoms with Gasteiger partial charge >= 0.3 is 0 Å². The maximum Gasteiger partial charge on any atom is 0.244 e. The third kappa shape index (κ3) is 3.70. The summed E-state index contributed by atoms with van der Waals surface area (Å²) in [5, 5.41) is 11.9. The molecule has 0 fully saturated rings. The molecular weight excluding hydrogens is 335 g/mol. The number of nitrogens with zero attached hydrogens (tertiary/aromatic N) is 3. The number of halogens is 2. The topological polar surface area (TPSA) is 59.3 Å². The van der Waals surface area contributed by atoms with Gasteiger partial charge in [-0.15, -0.1) is 10.2 Å². The van der Waals surface area contributed by atoms with E-state index in [-0.39, 0.29) is 12.5 Å². The van der Waals surface area contributed by atoms with Gasteiger partial charge in [0.05, 0.1) is 6.54 Å². The van der Waals surface area contributed by atoms with Crippen LogP contribution in [0.3, 0.4) is 0 Å². The van der Waals surface area contributed by atoms with Gasteiger partial charge in [-0.1, -0.05) is 29.3 Å². The fraction of sp³-hybridized carbons (Fsp3) is 0.0625. The highest BCUT2D eigenvalue weighted by Gasteiger charge is 2.05. The highest BCUT2D eigenvalue weighted by Crippen LogP contribution is 2.21. The number of amides is 1. The van der Waals surface area contributed by atoms with Gasteiger partial charge < -0.3 is 5.32 Å². The van der Waals surface area contributed by atoms with Crippen LogP contribution in [0.2, 0.25) is 10.0 Å². The highest BCUT2D eigenvalue weighted by molar-refractivity contribution is 6.34. The Labute approximate surface area is 142 Å². The number of aromatic nitrogens is 3. The van der Waals surface area contributed by atoms with E-state index in [0.29, 0.717) is 21.4 Å². The standard InChI is InChI=1S/C16H12Cl2N4O/c17-12-5-6-13(18)11(9-12)4-7-16(23)19-10-15-21-20-14-3-1-2-8-22(14)15/h1-9H,10H2,(H,19,23)/b7-4+. The Morgan fingerprint density at radius 3 is 2.96 bits per heavy atom. The molecule has 0 saturated heterocycles. The van der Waals surface area contributed by atoms with Gasteiger partial charge in [-0.25, -0.2) is 0 Å². The molecule has 0 spiro atoms. The molecule has 7 heteroatoms. The van der Waals surface area contributed by atoms with Crippen LogP contribution in [0.1, 0.15) is 11.4 Å². The second kappa shape index (κ2) is 6.81. The molecule has 0 radical (unpaired) electrons. The fourth-order valence-corrected chi connectivity index (χ4v) is 2.41. The van der Waals surface area contributed by atoms with Crippen molar-refractivity contribution >= 4 is 40.8 Å². The predicted octanol–water partition coefficient (Wildman–Crippen LogP) is 3.37. The normalized spacial score (nSPS) is 11.2. The Bertz CT molecular complexity index is 889. The zero-order chi connectivity index (χ0) is 16.2. The lowest BCUT2D eigenvalue weighted by molar-refractivity contribution is -0.116. The minimum Gasteiger partial charge on any atom is -0.345 e. The molecule has 0 saturated carbocycles. The largest absolute Gasteiger partial charge is 0.345 e. The second-order valence-electron chi connectivity index (χ2n) is 4.76. The summed E-state index contributed by atoms with van der Waals surface area (Å²) in [5.74, 6) is 0.400. The smallest absolute Gasteiger partial charge is 0.244 e. The Balaban J connectivity index is 1.65. The molecule has 0 aliphatic carbocycles. The van der Waals surface area contributed by atoms with Crippen molar-refractivity contribution < 1.29 is 4.79 Å². The number of pyridine rings is 1. The summed E-state index contributed by atoms with van der Waals surface area (Å²) >= 11 is 11.9. The molecule has 2 heterocycles. The van der Waals surface area contributed by atoms with Gasteiger partial charge in [0.15, 0.2) is 11.5 Å². The number of fused-ring (bicyclic) bond motifs is 1. The summed E-state index contributed by atoms with van der Waals surface area (Å²) in [7, 11) is 0. The molecule has 3 aromatic rings. The van der Waals surface area contributed by atoms with E-state index in [1.165, 1.54) is 6.08 Å². The van der Waals surface area contributed by atoms with Crippen LogP contribution in [-0.4, -0.2) is 20.5 Å². The lowest BCUT2D eigenvalue weighted by Crippen LogP contribution is -2.21. The Kier molecular flexibility index (Phi) is 4.60. The molecule has 3 rings (SSSR count). The molecule has 0 unspecified atom stereocenters. The number of benzene rings is 1. The maximum absolute atomic E-state index is 11.9. The quantitative estimate of drug-likeness (QED) is 0.736. The minimum atomic E-state index is -0.256. The summed E-state index contributed by atoms with van der Waals surface area (Å²) in [6.45, 7) is 0.275. The Morgan fingerprint density at radius 2 is 2.09 bits per heavy atom. The Hall–Kier alpha value is -2.37. The van der Waals surface area contributed by atoms with Crippen molar-refractivity contribution in [1.29, 1.82) is 0 Å². The number of carbonyl (C=O) groups excluding carboxylic acids is 1. The summed E-state index contributed by atoms with van der Waals surface area (Å²) in [6.07, 6.45) is 4.87. The first-order chi connectivity index (χ1) is 11.1. The average molecular weight is 347 g/mol. The van der Waals surface area contributed by atoms with Crippen molar-refractivity contribution in [2.75, 3.05) is 0 Å². The first kappa shape index (κ1) is 15.5. The zero-order valence-corrected chi connectivity index (χ0v) is 13.4. The van der Waals surface area contributed by atoms with Gasteiger partial charge in [-0.3, -0.25) is 9.20 Å². The predicted molar refractivity (Wildman–Crippen MR) is 90.3 cm³/mol. The zero-order valence-electron chi connectivity index (χ0n) is 11.9. The van der Waals surface area contributed by atoms with Crippen LogP contribution in [-0.2, 0) is 11.3 Å². The van der Waals surface area contributed by atoms with Crippen LogP contribution in [0.4, 0.5) is 0 Å². The molecule has 2 aromatic heterocycles. The van der Waals surface area contributed by atoms with Crippen LogP contribution in [0.15, 0.2) is 48.7 Å². The fourth-order valence-electron chi connectivity index (χ4n) is 2.04. The van der Waals surface area contributed by atoms with E-state index in [1.807, 2.05) is 28.8 Å². The molecule has 0 atom stereocenters. The van der Waals surface area contributed by atoms with Gasteiger partial charge in [-0.05, 0) is 42.0 Å². The van der Waals surface area contributed by atoms with Crippen molar-refractivity contribution in [3.8, 4) is 0 Å². The van der Waals surface area contributed by atoms with Crippen LogP contribution in [0.25, 0.3) is 11.7 Å². The van der Waals surface area contributed by atoms with Crippen molar-refractivity contribution in [2.45, 2.75) is 6.54 Å². The maximum atomic E-state index is 11.9. The molecule has 0 bridgehead atoms. The van der Waals surface area contributed by atoms with Crippen molar-refractivity contribution in [3.63, 3.8) is 0 Å². The minimum absolute atomic E-state index is 0.256. The lowest BCUT2D eigenvalue weighted by Gasteiger charge is -2.02. The lowest BCUT2D eigenvalue weighted by atomic mass is 10.2. The van der Waals surface area contributed by atoms with Gasteiger partial charge in [0.25, 0.3) is 0 Å². The molecule has 23 heavy (non-hydrogen) atoms. The molecule has 0 aliphatic heterocycles.